The Morgan fingerprint density at radius 1 is 1.35 bits per heavy atom. The molecule has 1 aromatic carbocycles. The Bertz CT molecular complexity index is 419. The molecule has 1 heterocycles. The van der Waals surface area contributed by atoms with Crippen LogP contribution in [0.15, 0.2) is 16.6 Å². The van der Waals surface area contributed by atoms with Crippen LogP contribution >= 0.6 is 27.5 Å². The highest BCUT2D eigenvalue weighted by Gasteiger charge is 2.30. The Kier molecular flexibility index (Phi) is 4.17. The van der Waals surface area contributed by atoms with E-state index in [9.17, 15) is 0 Å². The van der Waals surface area contributed by atoms with Gasteiger partial charge in [0.2, 0.25) is 0 Å². The van der Waals surface area contributed by atoms with E-state index < -0.39 is 0 Å². The van der Waals surface area contributed by atoms with Gasteiger partial charge in [-0.25, -0.2) is 0 Å². The molecular formula is C14H18BrClO. The third kappa shape index (κ3) is 2.86. The number of ether oxygens (including phenoxy) is 1. The van der Waals surface area contributed by atoms with E-state index in [1.54, 1.807) is 0 Å². The molecule has 0 saturated carbocycles. The summed E-state index contributed by atoms with van der Waals surface area (Å²) in [4.78, 5) is 0. The minimum Gasteiger partial charge on any atom is -0.378 e. The first kappa shape index (κ1) is 13.4. The summed E-state index contributed by atoms with van der Waals surface area (Å²) in [6.45, 7) is 7.12. The summed E-state index contributed by atoms with van der Waals surface area (Å²) in [6.07, 6.45) is 1.40. The quantitative estimate of drug-likeness (QED) is 0.714. The Hall–Kier alpha value is -0.0500. The lowest BCUT2D eigenvalue weighted by Crippen LogP contribution is -2.09. The lowest BCUT2D eigenvalue weighted by Gasteiger charge is -2.19. The average Bonchev–Trinajstić information content (AvgIpc) is 2.69. The van der Waals surface area contributed by atoms with E-state index in [0.717, 1.165) is 17.5 Å². The van der Waals surface area contributed by atoms with Gasteiger partial charge in [-0.3, -0.25) is 0 Å². The van der Waals surface area contributed by atoms with Crippen LogP contribution in [0, 0.1) is 19.8 Å². The third-order valence-corrected chi connectivity index (χ3v) is 4.93. The van der Waals surface area contributed by atoms with E-state index in [-0.39, 0.29) is 5.38 Å². The second-order valence-corrected chi connectivity index (χ2v) is 6.32. The predicted octanol–water partition coefficient (Wildman–Crippen LogP) is 4.77. The van der Waals surface area contributed by atoms with Gasteiger partial charge in [-0.05, 0) is 49.9 Å². The molecule has 2 rings (SSSR count). The van der Waals surface area contributed by atoms with Crippen LogP contribution in [-0.4, -0.2) is 12.7 Å². The first-order valence-corrected chi connectivity index (χ1v) is 7.24. The average molecular weight is 318 g/mol. The monoisotopic (exact) mass is 316 g/mol. The van der Waals surface area contributed by atoms with Crippen LogP contribution in [0.1, 0.15) is 35.4 Å². The number of hydrogen-bond acceptors (Lipinski definition) is 1. The lowest BCUT2D eigenvalue weighted by molar-refractivity contribution is 0.120. The molecule has 0 aliphatic carbocycles. The summed E-state index contributed by atoms with van der Waals surface area (Å²) >= 11 is 10.2. The molecule has 1 aliphatic rings. The van der Waals surface area contributed by atoms with Gasteiger partial charge < -0.3 is 4.74 Å². The second kappa shape index (κ2) is 5.29. The number of benzene rings is 1. The lowest BCUT2D eigenvalue weighted by atomic mass is 9.92. The summed E-state index contributed by atoms with van der Waals surface area (Å²) < 4.78 is 6.76. The molecule has 0 bridgehead atoms. The Labute approximate surface area is 117 Å². The van der Waals surface area contributed by atoms with Crippen molar-refractivity contribution in [3.63, 3.8) is 0 Å². The zero-order valence-corrected chi connectivity index (χ0v) is 12.8. The van der Waals surface area contributed by atoms with Crippen molar-refractivity contribution >= 4 is 27.5 Å². The molecule has 1 aromatic rings. The number of alkyl halides is 1. The maximum atomic E-state index is 6.61. The standard InChI is InChI=1S/C14H18BrClO/c1-8-5-13(15)9(2)4-12(8)14(16)11-6-10(3)17-7-11/h4-5,10-11,14H,6-7H2,1-3H3. The van der Waals surface area contributed by atoms with Crippen LogP contribution in [0.4, 0.5) is 0 Å². The van der Waals surface area contributed by atoms with E-state index in [4.69, 9.17) is 16.3 Å². The highest BCUT2D eigenvalue weighted by Crippen LogP contribution is 2.39. The zero-order valence-electron chi connectivity index (χ0n) is 10.5. The van der Waals surface area contributed by atoms with Crippen LogP contribution in [0.25, 0.3) is 0 Å². The van der Waals surface area contributed by atoms with E-state index >= 15 is 0 Å². The largest absolute Gasteiger partial charge is 0.378 e. The molecule has 0 aromatic heterocycles. The van der Waals surface area contributed by atoms with Gasteiger partial charge in [-0.2, -0.15) is 0 Å². The van der Waals surface area contributed by atoms with Gasteiger partial charge >= 0.3 is 0 Å². The predicted molar refractivity (Wildman–Crippen MR) is 75.7 cm³/mol. The molecule has 1 nitrogen and oxygen atoms in total. The molecule has 3 heteroatoms. The number of halogens is 2. The molecule has 1 saturated heterocycles. The molecule has 3 atom stereocenters. The van der Waals surface area contributed by atoms with E-state index in [1.807, 2.05) is 0 Å². The van der Waals surface area contributed by atoms with Crippen LogP contribution in [0.2, 0.25) is 0 Å². The molecule has 0 spiro atoms. The summed E-state index contributed by atoms with van der Waals surface area (Å²) in [5.74, 6) is 0.436. The van der Waals surface area contributed by atoms with E-state index in [2.05, 4.69) is 48.8 Å². The summed E-state index contributed by atoms with van der Waals surface area (Å²) in [6, 6.07) is 4.35. The van der Waals surface area contributed by atoms with Gasteiger partial charge in [-0.1, -0.05) is 22.0 Å². The number of aryl methyl sites for hydroxylation is 2. The molecule has 1 aliphatic heterocycles. The topological polar surface area (TPSA) is 9.23 Å². The fraction of sp³-hybridized carbons (Fsp3) is 0.571. The van der Waals surface area contributed by atoms with Crippen LogP contribution in [-0.2, 0) is 4.74 Å². The second-order valence-electron chi connectivity index (χ2n) is 5.00. The fourth-order valence-electron chi connectivity index (χ4n) is 2.41. The van der Waals surface area contributed by atoms with Crippen molar-refractivity contribution in [2.24, 2.45) is 5.92 Å². The normalized spacial score (nSPS) is 26.2. The van der Waals surface area contributed by atoms with Crippen molar-refractivity contribution in [2.75, 3.05) is 6.61 Å². The smallest absolute Gasteiger partial charge is 0.0639 e. The van der Waals surface area contributed by atoms with Crippen molar-refractivity contribution in [3.05, 3.63) is 33.3 Å². The molecule has 94 valence electrons. The van der Waals surface area contributed by atoms with Gasteiger partial charge in [0, 0.05) is 10.4 Å². The maximum Gasteiger partial charge on any atom is 0.0639 e. The summed E-state index contributed by atoms with van der Waals surface area (Å²) in [7, 11) is 0. The minimum absolute atomic E-state index is 0.0618. The van der Waals surface area contributed by atoms with Crippen molar-refractivity contribution in [2.45, 2.75) is 38.7 Å². The van der Waals surface area contributed by atoms with Crippen molar-refractivity contribution < 1.29 is 4.74 Å². The Morgan fingerprint density at radius 2 is 2.06 bits per heavy atom. The number of rotatable bonds is 2. The Morgan fingerprint density at radius 3 is 2.65 bits per heavy atom. The maximum absolute atomic E-state index is 6.61. The van der Waals surface area contributed by atoms with Gasteiger partial charge in [0.25, 0.3) is 0 Å². The molecule has 0 N–H and O–H groups in total. The van der Waals surface area contributed by atoms with Crippen molar-refractivity contribution in [1.82, 2.24) is 0 Å². The van der Waals surface area contributed by atoms with Gasteiger partial charge in [0.15, 0.2) is 0 Å². The SMILES string of the molecule is Cc1cc(C(Cl)C2COC(C)C2)c(C)cc1Br. The molecule has 0 radical (unpaired) electrons. The van der Waals surface area contributed by atoms with Crippen molar-refractivity contribution in [1.29, 1.82) is 0 Å². The van der Waals surface area contributed by atoms with Gasteiger partial charge in [0.05, 0.1) is 18.1 Å². The number of hydrogen-bond donors (Lipinski definition) is 0. The van der Waals surface area contributed by atoms with Crippen LogP contribution < -0.4 is 0 Å². The highest BCUT2D eigenvalue weighted by molar-refractivity contribution is 9.10. The third-order valence-electron chi connectivity index (χ3n) is 3.49. The first-order valence-electron chi connectivity index (χ1n) is 6.01. The van der Waals surface area contributed by atoms with Gasteiger partial charge in [-0.15, -0.1) is 11.6 Å². The first-order chi connectivity index (χ1) is 7.99. The van der Waals surface area contributed by atoms with Crippen LogP contribution in [0.5, 0.6) is 0 Å². The summed E-state index contributed by atoms with van der Waals surface area (Å²) in [5.41, 5.74) is 3.74. The van der Waals surface area contributed by atoms with E-state index in [1.165, 1.54) is 16.7 Å². The molecule has 0 amide bonds. The van der Waals surface area contributed by atoms with E-state index in [0.29, 0.717) is 12.0 Å². The minimum atomic E-state index is 0.0618. The Balaban J connectivity index is 2.24. The molecule has 1 fully saturated rings. The van der Waals surface area contributed by atoms with Crippen LogP contribution in [0.3, 0.4) is 0 Å². The summed E-state index contributed by atoms with van der Waals surface area (Å²) in [5, 5.41) is 0.0618. The zero-order chi connectivity index (χ0) is 12.6. The molecule has 3 unspecified atom stereocenters. The van der Waals surface area contributed by atoms with Crippen molar-refractivity contribution in [3.8, 4) is 0 Å². The molecule has 17 heavy (non-hydrogen) atoms. The fourth-order valence-corrected chi connectivity index (χ4v) is 3.28. The van der Waals surface area contributed by atoms with Gasteiger partial charge in [0.1, 0.15) is 0 Å². The highest BCUT2D eigenvalue weighted by atomic mass is 79.9. The molecular weight excluding hydrogens is 300 g/mol.